The van der Waals surface area contributed by atoms with E-state index < -0.39 is 0 Å². The molecule has 104 valence electrons. The van der Waals surface area contributed by atoms with E-state index in [1.165, 1.54) is 25.7 Å². The molecule has 0 aromatic rings. The minimum Gasteiger partial charge on any atom is -0.409 e. The predicted molar refractivity (Wildman–Crippen MR) is 72.8 cm³/mol. The largest absolute Gasteiger partial charge is 0.409 e. The third-order valence-corrected chi connectivity index (χ3v) is 4.40. The lowest BCUT2D eigenvalue weighted by Crippen LogP contribution is -2.41. The average Bonchev–Trinajstić information content (AvgIpc) is 3.23. The molecule has 5 nitrogen and oxygen atoms in total. The highest BCUT2D eigenvalue weighted by molar-refractivity contribution is 5.80. The first-order chi connectivity index (χ1) is 8.56. The molecule has 0 heterocycles. The number of nitrogens with two attached hydrogens (primary N) is 1. The average molecular weight is 254 g/mol. The van der Waals surface area contributed by atoms with Crippen molar-refractivity contribution < 1.29 is 5.21 Å². The van der Waals surface area contributed by atoms with E-state index >= 15 is 0 Å². The van der Waals surface area contributed by atoms with Crippen molar-refractivity contribution in [2.24, 2.45) is 16.3 Å². The van der Waals surface area contributed by atoms with Gasteiger partial charge in [0.2, 0.25) is 0 Å². The summed E-state index contributed by atoms with van der Waals surface area (Å²) in [7, 11) is 2.22. The zero-order valence-corrected chi connectivity index (χ0v) is 11.5. The molecule has 0 radical (unpaired) electrons. The Kier molecular flexibility index (Phi) is 4.12. The van der Waals surface area contributed by atoms with Gasteiger partial charge >= 0.3 is 0 Å². The van der Waals surface area contributed by atoms with Gasteiger partial charge in [-0.3, -0.25) is 4.90 Å². The van der Waals surface area contributed by atoms with Gasteiger partial charge in [-0.1, -0.05) is 5.16 Å². The van der Waals surface area contributed by atoms with Gasteiger partial charge in [0.05, 0.1) is 0 Å². The SMILES string of the molecule is CC(CNCC1(CC(N)=NO)CC1)N(C)C1CC1. The zero-order valence-electron chi connectivity index (χ0n) is 11.5. The van der Waals surface area contributed by atoms with Crippen molar-refractivity contribution in [1.82, 2.24) is 10.2 Å². The topological polar surface area (TPSA) is 73.9 Å². The Labute approximate surface area is 109 Å². The molecule has 4 N–H and O–H groups in total. The Hall–Kier alpha value is -0.810. The highest BCUT2D eigenvalue weighted by Crippen LogP contribution is 2.48. The van der Waals surface area contributed by atoms with Crippen LogP contribution in [0.5, 0.6) is 0 Å². The Balaban J connectivity index is 1.65. The quantitative estimate of drug-likeness (QED) is 0.261. The van der Waals surface area contributed by atoms with Crippen LogP contribution < -0.4 is 11.1 Å². The highest BCUT2D eigenvalue weighted by atomic mass is 16.4. The smallest absolute Gasteiger partial charge is 0.139 e. The molecule has 2 aliphatic carbocycles. The summed E-state index contributed by atoms with van der Waals surface area (Å²) in [6.07, 6.45) is 5.79. The molecule has 2 rings (SSSR count). The van der Waals surface area contributed by atoms with Gasteiger partial charge in [-0.15, -0.1) is 0 Å². The fourth-order valence-corrected chi connectivity index (χ4v) is 2.54. The number of hydrogen-bond acceptors (Lipinski definition) is 4. The molecule has 0 aromatic heterocycles. The van der Waals surface area contributed by atoms with Crippen LogP contribution in [-0.2, 0) is 0 Å². The standard InChI is InChI=1S/C13H26N4O/c1-10(17(2)11-3-4-11)8-15-9-13(5-6-13)7-12(14)16-18/h10-11,15,18H,3-9H2,1-2H3,(H2,14,16). The van der Waals surface area contributed by atoms with Crippen molar-refractivity contribution in [3.63, 3.8) is 0 Å². The first kappa shape index (κ1) is 13.6. The van der Waals surface area contributed by atoms with E-state index in [1.54, 1.807) is 0 Å². The second-order valence-corrected chi connectivity index (χ2v) is 6.14. The minimum absolute atomic E-state index is 0.258. The third-order valence-electron chi connectivity index (χ3n) is 4.40. The summed E-state index contributed by atoms with van der Waals surface area (Å²) in [5, 5.41) is 15.2. The van der Waals surface area contributed by atoms with Gasteiger partial charge in [-0.2, -0.15) is 0 Å². The number of oxime groups is 1. The van der Waals surface area contributed by atoms with Gasteiger partial charge in [-0.25, -0.2) is 0 Å². The first-order valence-corrected chi connectivity index (χ1v) is 6.95. The van der Waals surface area contributed by atoms with Gasteiger partial charge in [0.1, 0.15) is 5.84 Å². The maximum atomic E-state index is 8.62. The molecule has 5 heteroatoms. The van der Waals surface area contributed by atoms with Crippen LogP contribution in [0.3, 0.4) is 0 Å². The van der Waals surface area contributed by atoms with E-state index in [0.29, 0.717) is 18.3 Å². The van der Waals surface area contributed by atoms with Crippen molar-refractivity contribution in [3.8, 4) is 0 Å². The number of likely N-dealkylation sites (N-methyl/N-ethyl adjacent to an activating group) is 1. The number of rotatable bonds is 8. The molecule has 0 bridgehead atoms. The van der Waals surface area contributed by atoms with Crippen LogP contribution >= 0.6 is 0 Å². The maximum absolute atomic E-state index is 8.62. The molecule has 0 aromatic carbocycles. The van der Waals surface area contributed by atoms with Crippen LogP contribution in [0, 0.1) is 5.41 Å². The normalized spacial score (nSPS) is 24.3. The molecule has 18 heavy (non-hydrogen) atoms. The summed E-state index contributed by atoms with van der Waals surface area (Å²) in [5.41, 5.74) is 5.85. The molecule has 1 unspecified atom stereocenters. The van der Waals surface area contributed by atoms with E-state index in [4.69, 9.17) is 10.9 Å². The van der Waals surface area contributed by atoms with E-state index in [1.807, 2.05) is 0 Å². The molecule has 2 fully saturated rings. The zero-order chi connectivity index (χ0) is 13.2. The van der Waals surface area contributed by atoms with E-state index in [-0.39, 0.29) is 5.41 Å². The Morgan fingerprint density at radius 1 is 1.56 bits per heavy atom. The van der Waals surface area contributed by atoms with Crippen LogP contribution in [0.4, 0.5) is 0 Å². The summed E-state index contributed by atoms with van der Waals surface area (Å²) in [4.78, 5) is 2.47. The third kappa shape index (κ3) is 3.59. The monoisotopic (exact) mass is 254 g/mol. The summed E-state index contributed by atoms with van der Waals surface area (Å²) in [6, 6.07) is 1.39. The Bertz CT molecular complexity index is 310. The lowest BCUT2D eigenvalue weighted by molar-refractivity contribution is 0.237. The van der Waals surface area contributed by atoms with Crippen LogP contribution in [-0.4, -0.2) is 48.2 Å². The molecule has 0 saturated heterocycles. The van der Waals surface area contributed by atoms with Gasteiger partial charge in [0.25, 0.3) is 0 Å². The lowest BCUT2D eigenvalue weighted by atomic mass is 10.0. The van der Waals surface area contributed by atoms with Crippen molar-refractivity contribution in [2.45, 2.75) is 51.1 Å². The summed E-state index contributed by atoms with van der Waals surface area (Å²) < 4.78 is 0. The summed E-state index contributed by atoms with van der Waals surface area (Å²) in [5.74, 6) is 0.359. The molecular formula is C13H26N4O. The maximum Gasteiger partial charge on any atom is 0.139 e. The Morgan fingerprint density at radius 3 is 2.72 bits per heavy atom. The molecule has 2 saturated carbocycles. The van der Waals surface area contributed by atoms with Crippen LogP contribution in [0.25, 0.3) is 0 Å². The minimum atomic E-state index is 0.258. The Morgan fingerprint density at radius 2 is 2.22 bits per heavy atom. The van der Waals surface area contributed by atoms with E-state index in [0.717, 1.165) is 19.1 Å². The molecule has 0 aliphatic heterocycles. The van der Waals surface area contributed by atoms with E-state index in [2.05, 4.69) is 29.3 Å². The predicted octanol–water partition coefficient (Wildman–Crippen LogP) is 0.975. The highest BCUT2D eigenvalue weighted by Gasteiger charge is 2.43. The summed E-state index contributed by atoms with van der Waals surface area (Å²) >= 11 is 0. The fraction of sp³-hybridized carbons (Fsp3) is 0.923. The van der Waals surface area contributed by atoms with E-state index in [9.17, 15) is 0 Å². The number of hydrogen-bond donors (Lipinski definition) is 3. The second-order valence-electron chi connectivity index (χ2n) is 6.14. The fourth-order valence-electron chi connectivity index (χ4n) is 2.54. The molecule has 1 atom stereocenters. The van der Waals surface area contributed by atoms with Crippen molar-refractivity contribution in [3.05, 3.63) is 0 Å². The first-order valence-electron chi connectivity index (χ1n) is 6.95. The summed E-state index contributed by atoms with van der Waals surface area (Å²) in [6.45, 7) is 4.27. The van der Waals surface area contributed by atoms with Gasteiger partial charge in [0, 0.05) is 31.6 Å². The van der Waals surface area contributed by atoms with Crippen molar-refractivity contribution >= 4 is 5.84 Å². The number of nitrogens with zero attached hydrogens (tertiary/aromatic N) is 2. The van der Waals surface area contributed by atoms with Crippen molar-refractivity contribution in [1.29, 1.82) is 0 Å². The van der Waals surface area contributed by atoms with Crippen LogP contribution in [0.15, 0.2) is 5.16 Å². The molecular weight excluding hydrogens is 228 g/mol. The van der Waals surface area contributed by atoms with Gasteiger partial charge < -0.3 is 16.3 Å². The molecule has 0 spiro atoms. The van der Waals surface area contributed by atoms with Gasteiger partial charge in [0.15, 0.2) is 0 Å². The number of nitrogens with one attached hydrogen (secondary N) is 1. The van der Waals surface area contributed by atoms with Crippen LogP contribution in [0.1, 0.15) is 39.0 Å². The second kappa shape index (κ2) is 5.45. The number of amidine groups is 1. The molecule has 0 amide bonds. The van der Waals surface area contributed by atoms with Crippen LogP contribution in [0.2, 0.25) is 0 Å². The lowest BCUT2D eigenvalue weighted by Gasteiger charge is -2.25. The van der Waals surface area contributed by atoms with Gasteiger partial charge in [-0.05, 0) is 45.1 Å². The molecule has 2 aliphatic rings. The van der Waals surface area contributed by atoms with Crippen molar-refractivity contribution in [2.75, 3.05) is 20.1 Å².